The van der Waals surface area contributed by atoms with E-state index in [2.05, 4.69) is 6.92 Å². The van der Waals surface area contributed by atoms with Gasteiger partial charge >= 0.3 is 7.82 Å². The highest BCUT2D eigenvalue weighted by molar-refractivity contribution is 7.48. The maximum Gasteiger partial charge on any atom is 0.584 e. The van der Waals surface area contributed by atoms with E-state index in [1.54, 1.807) is 41.7 Å². The molecule has 3 rings (SSSR count). The van der Waals surface area contributed by atoms with Gasteiger partial charge in [-0.15, -0.1) is 0 Å². The third-order valence-corrected chi connectivity index (χ3v) is 8.74. The van der Waals surface area contributed by atoms with E-state index in [1.807, 2.05) is 29.3 Å². The summed E-state index contributed by atoms with van der Waals surface area (Å²) in [7, 11) is -4.59. The molecular formula is C33H47NO6PS+. The zero-order valence-electron chi connectivity index (χ0n) is 25.4. The predicted molar refractivity (Wildman–Crippen MR) is 169 cm³/mol. The minimum absolute atomic E-state index is 0.0408. The Bertz CT molecular complexity index is 1290. The van der Waals surface area contributed by atoms with Crippen LogP contribution in [-0.4, -0.2) is 17.3 Å². The number of carbonyl (C=O) groups excluding carboxylic acids is 1. The van der Waals surface area contributed by atoms with Gasteiger partial charge in [-0.3, -0.25) is 9.69 Å². The molecule has 0 radical (unpaired) electrons. The Morgan fingerprint density at radius 2 is 1.50 bits per heavy atom. The average molecular weight is 617 g/mol. The second-order valence-electron chi connectivity index (χ2n) is 10.9. The number of phosphoric ester groups is 1. The highest BCUT2D eigenvalue weighted by Gasteiger charge is 2.29. The van der Waals surface area contributed by atoms with Gasteiger partial charge in [0.2, 0.25) is 5.51 Å². The van der Waals surface area contributed by atoms with Gasteiger partial charge in [-0.05, 0) is 44.5 Å². The van der Waals surface area contributed by atoms with Crippen LogP contribution >= 0.6 is 19.2 Å². The first-order valence-electron chi connectivity index (χ1n) is 15.3. The SMILES string of the molecule is CCCCCCCCCCCCCCOc1cccc(OP(=O)(O)Oc2cccc(C[n+]3csc(C)c3)c2)c1C(C)=O. The molecule has 0 aliphatic heterocycles. The smallest absolute Gasteiger partial charge is 0.493 e. The molecular weight excluding hydrogens is 569 g/mol. The average Bonchev–Trinajstić information content (AvgIpc) is 3.35. The van der Waals surface area contributed by atoms with Gasteiger partial charge in [0, 0.05) is 5.56 Å². The van der Waals surface area contributed by atoms with Crippen LogP contribution in [0.15, 0.2) is 54.2 Å². The van der Waals surface area contributed by atoms with Crippen molar-refractivity contribution in [3.8, 4) is 17.2 Å². The van der Waals surface area contributed by atoms with Crippen LogP contribution in [0.4, 0.5) is 0 Å². The fraction of sp³-hybridized carbons (Fsp3) is 0.515. The van der Waals surface area contributed by atoms with Crippen LogP contribution in [-0.2, 0) is 11.1 Å². The Balaban J connectivity index is 1.47. The number of aromatic nitrogens is 1. The van der Waals surface area contributed by atoms with Crippen molar-refractivity contribution in [1.82, 2.24) is 0 Å². The first-order valence-corrected chi connectivity index (χ1v) is 17.7. The summed E-state index contributed by atoms with van der Waals surface area (Å²) in [6.45, 7) is 6.73. The molecule has 0 fully saturated rings. The number of phosphoric acid groups is 1. The molecule has 230 valence electrons. The number of thiazole rings is 1. The highest BCUT2D eigenvalue weighted by atomic mass is 32.1. The van der Waals surface area contributed by atoms with Gasteiger partial charge in [-0.25, -0.2) is 4.57 Å². The minimum atomic E-state index is -4.59. The molecule has 0 spiro atoms. The number of ether oxygens (including phenoxy) is 1. The molecule has 9 heteroatoms. The lowest BCUT2D eigenvalue weighted by atomic mass is 10.1. The van der Waals surface area contributed by atoms with Crippen molar-refractivity contribution >= 4 is 24.9 Å². The summed E-state index contributed by atoms with van der Waals surface area (Å²) in [4.78, 5) is 24.3. The molecule has 1 unspecified atom stereocenters. The van der Waals surface area contributed by atoms with E-state index < -0.39 is 7.82 Å². The van der Waals surface area contributed by atoms with Gasteiger partial charge in [0.15, 0.2) is 18.5 Å². The van der Waals surface area contributed by atoms with E-state index in [9.17, 15) is 14.3 Å². The summed E-state index contributed by atoms with van der Waals surface area (Å²) in [5.41, 5.74) is 3.06. The van der Waals surface area contributed by atoms with Crippen molar-refractivity contribution in [1.29, 1.82) is 0 Å². The minimum Gasteiger partial charge on any atom is -0.493 e. The summed E-state index contributed by atoms with van der Waals surface area (Å²) >= 11 is 1.65. The molecule has 1 atom stereocenters. The zero-order valence-corrected chi connectivity index (χ0v) is 27.1. The molecule has 0 amide bonds. The molecule has 0 saturated heterocycles. The molecule has 2 aromatic carbocycles. The van der Waals surface area contributed by atoms with Gasteiger partial charge in [0.05, 0.1) is 11.5 Å². The maximum absolute atomic E-state index is 13.0. The van der Waals surface area contributed by atoms with E-state index in [0.717, 1.165) is 18.4 Å². The predicted octanol–water partition coefficient (Wildman–Crippen LogP) is 9.23. The lowest BCUT2D eigenvalue weighted by molar-refractivity contribution is -0.683. The number of benzene rings is 2. The number of hydrogen-bond donors (Lipinski definition) is 1. The molecule has 0 aliphatic carbocycles. The van der Waals surface area contributed by atoms with E-state index in [0.29, 0.717) is 18.9 Å². The van der Waals surface area contributed by atoms with Crippen LogP contribution < -0.4 is 18.4 Å². The lowest BCUT2D eigenvalue weighted by Crippen LogP contribution is -2.30. The fourth-order valence-corrected chi connectivity index (χ4v) is 6.35. The Kier molecular flexibility index (Phi) is 14.6. The largest absolute Gasteiger partial charge is 0.584 e. The van der Waals surface area contributed by atoms with Crippen LogP contribution in [0.1, 0.15) is 112 Å². The van der Waals surface area contributed by atoms with Crippen molar-refractivity contribution in [2.45, 2.75) is 104 Å². The number of ketones is 1. The fourth-order valence-electron chi connectivity index (χ4n) is 4.90. The van der Waals surface area contributed by atoms with Crippen LogP contribution in [0.5, 0.6) is 17.2 Å². The van der Waals surface area contributed by atoms with Crippen molar-refractivity contribution in [2.24, 2.45) is 0 Å². The summed E-state index contributed by atoms with van der Waals surface area (Å²) in [6.07, 6.45) is 17.1. The number of aryl methyl sites for hydroxylation is 1. The Hall–Kier alpha value is -2.67. The normalized spacial score (nSPS) is 12.6. The summed E-state index contributed by atoms with van der Waals surface area (Å²) < 4.78 is 31.7. The molecule has 0 aliphatic rings. The number of nitrogens with zero attached hydrogens (tertiary/aromatic N) is 1. The van der Waals surface area contributed by atoms with Gasteiger partial charge in [-0.2, -0.15) is 4.57 Å². The van der Waals surface area contributed by atoms with Gasteiger partial charge in [0.1, 0.15) is 22.8 Å². The van der Waals surface area contributed by atoms with E-state index in [-0.39, 0.29) is 22.8 Å². The molecule has 0 saturated carbocycles. The lowest BCUT2D eigenvalue weighted by Gasteiger charge is -2.17. The summed E-state index contributed by atoms with van der Waals surface area (Å²) in [5, 5.41) is 0. The third kappa shape index (κ3) is 12.3. The van der Waals surface area contributed by atoms with Crippen molar-refractivity contribution in [3.05, 3.63) is 70.2 Å². The highest BCUT2D eigenvalue weighted by Crippen LogP contribution is 2.46. The van der Waals surface area contributed by atoms with Crippen molar-refractivity contribution < 1.29 is 32.6 Å². The van der Waals surface area contributed by atoms with Crippen LogP contribution in [0.25, 0.3) is 0 Å². The summed E-state index contributed by atoms with van der Waals surface area (Å²) in [5.74, 6) is 0.184. The third-order valence-electron chi connectivity index (χ3n) is 7.02. The first kappa shape index (κ1) is 33.8. The van der Waals surface area contributed by atoms with E-state index in [4.69, 9.17) is 13.8 Å². The molecule has 3 aromatic rings. The van der Waals surface area contributed by atoms with Crippen LogP contribution in [0.3, 0.4) is 0 Å². The molecule has 0 bridgehead atoms. The standard InChI is InChI=1S/C33H46NO6PS/c1-4-5-6-7-8-9-10-11-12-13-14-15-22-38-31-20-17-21-32(33(31)28(3)35)40-41(36,37)39-30-19-16-18-29(23-30)25-34-24-27(2)42-26-34/h16-21,23-24,26H,4-15,22,25H2,1-3H3/p+1. The Morgan fingerprint density at radius 3 is 2.12 bits per heavy atom. The number of rotatable bonds is 21. The second kappa shape index (κ2) is 18.1. The first-order chi connectivity index (χ1) is 20.3. The molecule has 1 N–H and O–H groups in total. The monoisotopic (exact) mass is 616 g/mol. The van der Waals surface area contributed by atoms with Gasteiger partial charge < -0.3 is 13.8 Å². The van der Waals surface area contributed by atoms with E-state index >= 15 is 0 Å². The van der Waals surface area contributed by atoms with Crippen LogP contribution in [0, 0.1) is 6.92 Å². The van der Waals surface area contributed by atoms with Gasteiger partial charge in [-0.1, -0.05) is 107 Å². The Labute approximate surface area is 255 Å². The van der Waals surface area contributed by atoms with Gasteiger partial charge in [0.25, 0.3) is 0 Å². The maximum atomic E-state index is 13.0. The number of carbonyl (C=O) groups is 1. The molecule has 1 heterocycles. The Morgan fingerprint density at radius 1 is 0.881 bits per heavy atom. The number of unbranched alkanes of at least 4 members (excludes halogenated alkanes) is 11. The molecule has 42 heavy (non-hydrogen) atoms. The molecule has 1 aromatic heterocycles. The van der Waals surface area contributed by atoms with Crippen LogP contribution in [0.2, 0.25) is 0 Å². The van der Waals surface area contributed by atoms with Crippen molar-refractivity contribution in [2.75, 3.05) is 6.61 Å². The number of Topliss-reactive ketones (excluding diaryl/α,β-unsaturated/α-hetero) is 1. The quantitative estimate of drug-likeness (QED) is 0.0556. The number of hydrogen-bond acceptors (Lipinski definition) is 6. The second-order valence-corrected chi connectivity index (χ2v) is 13.2. The molecule has 7 nitrogen and oxygen atoms in total. The van der Waals surface area contributed by atoms with Crippen molar-refractivity contribution in [3.63, 3.8) is 0 Å². The zero-order chi connectivity index (χ0) is 30.2. The topological polar surface area (TPSA) is 85.9 Å². The summed E-state index contributed by atoms with van der Waals surface area (Å²) in [6, 6.07) is 11.8. The van der Waals surface area contributed by atoms with E-state index in [1.165, 1.54) is 82.1 Å².